The van der Waals surface area contributed by atoms with Crippen molar-refractivity contribution in [3.8, 4) is 0 Å². The van der Waals surface area contributed by atoms with Crippen LogP contribution in [0.3, 0.4) is 0 Å². The fourth-order valence-corrected chi connectivity index (χ4v) is 1.40. The second kappa shape index (κ2) is 5.26. The van der Waals surface area contributed by atoms with E-state index in [1.807, 2.05) is 13.2 Å². The summed E-state index contributed by atoms with van der Waals surface area (Å²) in [7, 11) is 3.16. The second-order valence-corrected chi connectivity index (χ2v) is 3.67. The van der Waals surface area contributed by atoms with Crippen LogP contribution in [0.2, 0.25) is 0 Å². The first kappa shape index (κ1) is 12.0. The predicted molar refractivity (Wildman–Crippen MR) is 63.9 cm³/mol. The molecule has 7 heteroatoms. The van der Waals surface area contributed by atoms with Crippen LogP contribution in [0.5, 0.6) is 0 Å². The van der Waals surface area contributed by atoms with E-state index in [2.05, 4.69) is 25.3 Å². The monoisotopic (exact) mass is 247 g/mol. The van der Waals surface area contributed by atoms with Crippen molar-refractivity contribution in [3.05, 3.63) is 35.8 Å². The Morgan fingerprint density at radius 1 is 1.44 bits per heavy atom. The van der Waals surface area contributed by atoms with E-state index < -0.39 is 5.97 Å². The maximum absolute atomic E-state index is 11.2. The van der Waals surface area contributed by atoms with Gasteiger partial charge in [0.15, 0.2) is 5.69 Å². The van der Waals surface area contributed by atoms with Crippen molar-refractivity contribution < 1.29 is 9.53 Å². The molecule has 0 fully saturated rings. The van der Waals surface area contributed by atoms with Gasteiger partial charge in [0.05, 0.1) is 13.3 Å². The average molecular weight is 247 g/mol. The van der Waals surface area contributed by atoms with Crippen molar-refractivity contribution in [2.75, 3.05) is 12.4 Å². The lowest BCUT2D eigenvalue weighted by molar-refractivity contribution is 0.0593. The summed E-state index contributed by atoms with van der Waals surface area (Å²) in [5, 5.41) is 14.8. The third-order valence-corrected chi connectivity index (χ3v) is 2.29. The van der Waals surface area contributed by atoms with Crippen LogP contribution in [0.1, 0.15) is 16.1 Å². The number of nitrogens with one attached hydrogen (secondary N) is 1. The van der Waals surface area contributed by atoms with Crippen molar-refractivity contribution in [2.24, 2.45) is 7.05 Å². The number of hydrogen-bond donors (Lipinski definition) is 1. The van der Waals surface area contributed by atoms with Gasteiger partial charge in [0.2, 0.25) is 0 Å². The molecule has 0 unspecified atom stereocenters. The molecule has 0 saturated heterocycles. The number of aromatic nitrogens is 4. The van der Waals surface area contributed by atoms with Crippen LogP contribution in [0.15, 0.2) is 24.5 Å². The summed E-state index contributed by atoms with van der Waals surface area (Å²) < 4.78 is 6.26. The summed E-state index contributed by atoms with van der Waals surface area (Å²) in [5.74, 6) is 0.0906. The van der Waals surface area contributed by atoms with Crippen LogP contribution in [-0.2, 0) is 18.3 Å². The smallest absolute Gasteiger partial charge is 0.358 e. The highest BCUT2D eigenvalue weighted by molar-refractivity contribution is 5.86. The maximum Gasteiger partial charge on any atom is 0.358 e. The molecular formula is C11H13N5O2. The minimum absolute atomic E-state index is 0.185. The molecule has 0 aliphatic heterocycles. The molecule has 0 saturated carbocycles. The van der Waals surface area contributed by atoms with Gasteiger partial charge in [-0.2, -0.15) is 5.10 Å². The van der Waals surface area contributed by atoms with E-state index >= 15 is 0 Å². The first-order valence-corrected chi connectivity index (χ1v) is 5.32. The van der Waals surface area contributed by atoms with Crippen molar-refractivity contribution in [1.29, 1.82) is 0 Å². The lowest BCUT2D eigenvalue weighted by Gasteiger charge is -2.03. The highest BCUT2D eigenvalue weighted by Crippen LogP contribution is 2.05. The number of hydrogen-bond acceptors (Lipinski definition) is 6. The van der Waals surface area contributed by atoms with Gasteiger partial charge < -0.3 is 10.1 Å². The number of anilines is 1. The molecule has 0 amide bonds. The molecule has 0 spiro atoms. The number of methoxy groups -OCH3 is 1. The molecule has 2 aromatic heterocycles. The number of aryl methyl sites for hydroxylation is 1. The van der Waals surface area contributed by atoms with Gasteiger partial charge in [-0.05, 0) is 12.1 Å². The normalized spacial score (nSPS) is 10.1. The summed E-state index contributed by atoms with van der Waals surface area (Å²) in [5.41, 5.74) is 1.22. The first-order chi connectivity index (χ1) is 8.69. The number of nitrogens with zero attached hydrogens (tertiary/aromatic N) is 4. The summed E-state index contributed by atoms with van der Waals surface area (Å²) in [4.78, 5) is 11.2. The number of rotatable bonds is 4. The van der Waals surface area contributed by atoms with Crippen molar-refractivity contribution in [2.45, 2.75) is 6.54 Å². The van der Waals surface area contributed by atoms with Crippen molar-refractivity contribution in [1.82, 2.24) is 20.0 Å². The Labute approximate surface area is 104 Å². The number of carbonyl (C=O) groups excluding carboxylic acids is 1. The van der Waals surface area contributed by atoms with E-state index in [0.717, 1.165) is 5.56 Å². The van der Waals surface area contributed by atoms with Gasteiger partial charge in [0.25, 0.3) is 0 Å². The Morgan fingerprint density at radius 3 is 2.83 bits per heavy atom. The van der Waals surface area contributed by atoms with Gasteiger partial charge in [-0.15, -0.1) is 10.2 Å². The van der Waals surface area contributed by atoms with E-state index in [1.165, 1.54) is 7.11 Å². The van der Waals surface area contributed by atoms with E-state index in [0.29, 0.717) is 12.4 Å². The lowest BCUT2D eigenvalue weighted by atomic mass is 10.3. The van der Waals surface area contributed by atoms with Crippen LogP contribution in [0.25, 0.3) is 0 Å². The van der Waals surface area contributed by atoms with E-state index in [4.69, 9.17) is 0 Å². The molecular weight excluding hydrogens is 234 g/mol. The van der Waals surface area contributed by atoms with Gasteiger partial charge in [-0.25, -0.2) is 4.79 Å². The average Bonchev–Trinajstić information content (AvgIpc) is 2.82. The molecule has 0 aliphatic carbocycles. The molecule has 94 valence electrons. The summed E-state index contributed by atoms with van der Waals surface area (Å²) >= 11 is 0. The Morgan fingerprint density at radius 2 is 2.28 bits per heavy atom. The van der Waals surface area contributed by atoms with Crippen LogP contribution in [0.4, 0.5) is 5.82 Å². The Kier molecular flexibility index (Phi) is 3.52. The fourth-order valence-electron chi connectivity index (χ4n) is 1.40. The van der Waals surface area contributed by atoms with Gasteiger partial charge in [0.1, 0.15) is 5.82 Å². The fraction of sp³-hybridized carbons (Fsp3) is 0.273. The second-order valence-electron chi connectivity index (χ2n) is 3.67. The SMILES string of the molecule is COC(=O)c1ccc(NCc2cnn(C)c2)nn1. The Hall–Kier alpha value is -2.44. The lowest BCUT2D eigenvalue weighted by Crippen LogP contribution is -2.07. The molecule has 7 nitrogen and oxygen atoms in total. The third kappa shape index (κ3) is 2.82. The predicted octanol–water partition coefficient (Wildman–Crippen LogP) is 0.609. The number of carbonyl (C=O) groups is 1. The largest absolute Gasteiger partial charge is 0.464 e. The number of ether oxygens (including phenoxy) is 1. The Bertz CT molecular complexity index is 535. The van der Waals surface area contributed by atoms with Crippen LogP contribution in [-0.4, -0.2) is 33.1 Å². The van der Waals surface area contributed by atoms with Crippen LogP contribution < -0.4 is 5.32 Å². The molecule has 0 atom stereocenters. The molecule has 18 heavy (non-hydrogen) atoms. The van der Waals surface area contributed by atoms with Crippen molar-refractivity contribution >= 4 is 11.8 Å². The van der Waals surface area contributed by atoms with E-state index in [1.54, 1.807) is 23.0 Å². The molecule has 2 heterocycles. The van der Waals surface area contributed by atoms with Gasteiger partial charge in [-0.3, -0.25) is 4.68 Å². The van der Waals surface area contributed by atoms with Crippen LogP contribution >= 0.6 is 0 Å². The quantitative estimate of drug-likeness (QED) is 0.797. The highest BCUT2D eigenvalue weighted by Gasteiger charge is 2.07. The third-order valence-electron chi connectivity index (χ3n) is 2.29. The topological polar surface area (TPSA) is 81.9 Å². The van der Waals surface area contributed by atoms with Crippen LogP contribution in [0, 0.1) is 0 Å². The van der Waals surface area contributed by atoms with Gasteiger partial charge >= 0.3 is 5.97 Å². The molecule has 1 N–H and O–H groups in total. The first-order valence-electron chi connectivity index (χ1n) is 5.32. The molecule has 2 aromatic rings. The number of esters is 1. The zero-order valence-corrected chi connectivity index (χ0v) is 10.1. The molecule has 2 rings (SSSR count). The van der Waals surface area contributed by atoms with Gasteiger partial charge in [-0.1, -0.05) is 0 Å². The minimum atomic E-state index is -0.499. The summed E-state index contributed by atoms with van der Waals surface area (Å²) in [6.45, 7) is 0.597. The minimum Gasteiger partial charge on any atom is -0.464 e. The van der Waals surface area contributed by atoms with E-state index in [-0.39, 0.29) is 5.69 Å². The highest BCUT2D eigenvalue weighted by atomic mass is 16.5. The zero-order valence-electron chi connectivity index (χ0n) is 10.1. The van der Waals surface area contributed by atoms with E-state index in [9.17, 15) is 4.79 Å². The standard InChI is InChI=1S/C11H13N5O2/c1-16-7-8(6-13-16)5-12-10-4-3-9(14-15-10)11(17)18-2/h3-4,6-7H,5H2,1-2H3,(H,12,15). The maximum atomic E-state index is 11.2. The molecule has 0 aliphatic rings. The molecule has 0 aromatic carbocycles. The van der Waals surface area contributed by atoms with Gasteiger partial charge in [0, 0.05) is 25.4 Å². The molecule has 0 bridgehead atoms. The van der Waals surface area contributed by atoms with Crippen molar-refractivity contribution in [3.63, 3.8) is 0 Å². The summed E-state index contributed by atoms with van der Waals surface area (Å²) in [6, 6.07) is 3.24. The Balaban J connectivity index is 1.96. The molecule has 0 radical (unpaired) electrons. The summed E-state index contributed by atoms with van der Waals surface area (Å²) in [6.07, 6.45) is 3.67. The zero-order chi connectivity index (χ0) is 13.0.